The van der Waals surface area contributed by atoms with Gasteiger partial charge >= 0.3 is 0 Å². The van der Waals surface area contributed by atoms with E-state index >= 15 is 0 Å². The zero-order valence-corrected chi connectivity index (χ0v) is 15.8. The summed E-state index contributed by atoms with van der Waals surface area (Å²) in [6, 6.07) is 14.8. The van der Waals surface area contributed by atoms with Crippen LogP contribution < -0.4 is 10.1 Å². The summed E-state index contributed by atoms with van der Waals surface area (Å²) in [7, 11) is 1.61. The van der Waals surface area contributed by atoms with Gasteiger partial charge in [0.05, 0.1) is 7.11 Å². The Kier molecular flexibility index (Phi) is 5.85. The molecule has 1 aromatic heterocycles. The van der Waals surface area contributed by atoms with Gasteiger partial charge in [0.15, 0.2) is 8.29 Å². The Balaban J connectivity index is 1.58. The van der Waals surface area contributed by atoms with Crippen LogP contribution in [0.25, 0.3) is 0 Å². The van der Waals surface area contributed by atoms with Crippen LogP contribution in [0.3, 0.4) is 0 Å². The van der Waals surface area contributed by atoms with Crippen molar-refractivity contribution in [2.45, 2.75) is 10.1 Å². The third-order valence-corrected chi connectivity index (χ3v) is 5.65. The first-order valence-electron chi connectivity index (χ1n) is 7.37. The number of hydrogen-bond acceptors (Lipinski definition) is 6. The van der Waals surface area contributed by atoms with Crippen molar-refractivity contribution in [2.24, 2.45) is 0 Å². The summed E-state index contributed by atoms with van der Waals surface area (Å²) >= 11 is 8.08. The molecule has 3 rings (SSSR count). The Morgan fingerprint density at radius 2 is 1.96 bits per heavy atom. The van der Waals surface area contributed by atoms with Crippen LogP contribution in [-0.4, -0.2) is 23.2 Å². The number of nitrogens with one attached hydrogen (secondary N) is 2. The number of aromatic nitrogens is 2. The van der Waals surface area contributed by atoms with E-state index in [0.717, 1.165) is 27.1 Å². The lowest BCUT2D eigenvalue weighted by atomic mass is 10.1. The number of hydrogen-bond donors (Lipinski definition) is 2. The summed E-state index contributed by atoms with van der Waals surface area (Å²) in [5, 5.41) is 9.74. The van der Waals surface area contributed by atoms with Gasteiger partial charge in [-0.25, -0.2) is 0 Å². The van der Waals surface area contributed by atoms with Gasteiger partial charge in [0.25, 0.3) is 5.91 Å². The number of amides is 1. The predicted molar refractivity (Wildman–Crippen MR) is 104 cm³/mol. The van der Waals surface area contributed by atoms with Crippen molar-refractivity contribution < 1.29 is 9.53 Å². The Hall–Kier alpha value is -2.16. The van der Waals surface area contributed by atoms with Gasteiger partial charge in [-0.05, 0) is 54.2 Å². The molecule has 0 unspecified atom stereocenters. The number of carbonyl (C=O) groups excluding carboxylic acids is 1. The van der Waals surface area contributed by atoms with Crippen molar-refractivity contribution in [3.63, 3.8) is 0 Å². The smallest absolute Gasteiger partial charge is 0.255 e. The quantitative estimate of drug-likeness (QED) is 0.470. The van der Waals surface area contributed by atoms with E-state index in [1.807, 2.05) is 24.3 Å². The third-order valence-electron chi connectivity index (χ3n) is 3.34. The fourth-order valence-corrected chi connectivity index (χ4v) is 4.09. The zero-order valence-electron chi connectivity index (χ0n) is 13.3. The lowest BCUT2D eigenvalue weighted by molar-refractivity contribution is 0.102. The molecule has 128 valence electrons. The van der Waals surface area contributed by atoms with Crippen molar-refractivity contribution >= 4 is 46.9 Å². The number of nitrogens with zero attached hydrogens (tertiary/aromatic N) is 1. The molecule has 3 aromatic rings. The van der Waals surface area contributed by atoms with Crippen LogP contribution in [-0.2, 0) is 5.75 Å². The summed E-state index contributed by atoms with van der Waals surface area (Å²) in [5.74, 6) is 1.38. The van der Waals surface area contributed by atoms with E-state index in [2.05, 4.69) is 15.5 Å². The van der Waals surface area contributed by atoms with Crippen LogP contribution in [0.2, 0.25) is 0 Å². The number of aromatic amines is 1. The Labute approximate surface area is 158 Å². The van der Waals surface area contributed by atoms with Gasteiger partial charge in [-0.1, -0.05) is 35.2 Å². The van der Waals surface area contributed by atoms with Gasteiger partial charge in [-0.15, -0.1) is 0 Å². The number of thioether (sulfide) groups is 1. The molecule has 1 heterocycles. The fraction of sp³-hybridized carbons (Fsp3) is 0.118. The van der Waals surface area contributed by atoms with E-state index in [-0.39, 0.29) is 5.91 Å². The lowest BCUT2D eigenvalue weighted by Crippen LogP contribution is -2.11. The summed E-state index contributed by atoms with van der Waals surface area (Å²) in [6.07, 6.45) is 0. The third kappa shape index (κ3) is 4.91. The number of anilines is 1. The van der Waals surface area contributed by atoms with Gasteiger partial charge in [0.1, 0.15) is 5.75 Å². The highest BCUT2D eigenvalue weighted by molar-refractivity contribution is 8.00. The van der Waals surface area contributed by atoms with Crippen molar-refractivity contribution in [3.8, 4) is 5.75 Å². The molecule has 0 aliphatic carbocycles. The number of carbonyl (C=O) groups is 1. The van der Waals surface area contributed by atoms with Gasteiger partial charge < -0.3 is 10.1 Å². The molecule has 2 aromatic carbocycles. The minimum Gasteiger partial charge on any atom is -0.497 e. The average Bonchev–Trinajstić information content (AvgIpc) is 3.06. The molecule has 0 radical (unpaired) electrons. The zero-order chi connectivity index (χ0) is 17.6. The highest BCUT2D eigenvalue weighted by Crippen LogP contribution is 2.24. The van der Waals surface area contributed by atoms with Crippen molar-refractivity contribution in [1.82, 2.24) is 10.2 Å². The standard InChI is InChI=1S/C17H15N3O2S3/c1-22-14-8-6-13(7-9-14)18-15(21)12-4-2-11(3-5-12)10-24-17-20-19-16(23)25-17/h2-9H,10H2,1H3,(H,18,21)(H,19,23). The van der Waals surface area contributed by atoms with Gasteiger partial charge in [0, 0.05) is 17.0 Å². The summed E-state index contributed by atoms with van der Waals surface area (Å²) in [5.41, 5.74) is 2.46. The van der Waals surface area contributed by atoms with Crippen LogP contribution in [0.15, 0.2) is 52.9 Å². The number of benzene rings is 2. The molecule has 0 fully saturated rings. The topological polar surface area (TPSA) is 67.0 Å². The van der Waals surface area contributed by atoms with E-state index < -0.39 is 0 Å². The van der Waals surface area contributed by atoms with E-state index in [4.69, 9.17) is 17.0 Å². The highest BCUT2D eigenvalue weighted by atomic mass is 32.2. The van der Waals surface area contributed by atoms with Crippen LogP contribution in [0.1, 0.15) is 15.9 Å². The summed E-state index contributed by atoms with van der Waals surface area (Å²) < 4.78 is 6.68. The second kappa shape index (κ2) is 8.28. The van der Waals surface area contributed by atoms with Gasteiger partial charge in [-0.3, -0.25) is 9.89 Å². The molecule has 0 aliphatic heterocycles. The van der Waals surface area contributed by atoms with Crippen molar-refractivity contribution in [1.29, 1.82) is 0 Å². The molecule has 2 N–H and O–H groups in total. The SMILES string of the molecule is COc1ccc(NC(=O)c2ccc(CSc3n[nH]c(=S)s3)cc2)cc1. The molecule has 0 saturated heterocycles. The summed E-state index contributed by atoms with van der Waals surface area (Å²) in [6.45, 7) is 0. The fourth-order valence-electron chi connectivity index (χ4n) is 2.05. The maximum atomic E-state index is 12.3. The predicted octanol–water partition coefficient (Wildman–Crippen LogP) is 4.75. The molecular weight excluding hydrogens is 374 g/mol. The van der Waals surface area contributed by atoms with Crippen LogP contribution in [0.4, 0.5) is 5.69 Å². The van der Waals surface area contributed by atoms with Gasteiger partial charge in [-0.2, -0.15) is 5.10 Å². The first kappa shape index (κ1) is 17.7. The maximum absolute atomic E-state index is 12.3. The Morgan fingerprint density at radius 1 is 1.24 bits per heavy atom. The highest BCUT2D eigenvalue weighted by Gasteiger charge is 2.07. The second-order valence-corrected chi connectivity index (χ2v) is 7.94. The molecule has 0 spiro atoms. The van der Waals surface area contributed by atoms with E-state index in [1.54, 1.807) is 43.1 Å². The molecule has 1 amide bonds. The maximum Gasteiger partial charge on any atom is 0.255 e. The Bertz CT molecular complexity index is 902. The van der Waals surface area contributed by atoms with Crippen LogP contribution in [0.5, 0.6) is 5.75 Å². The lowest BCUT2D eigenvalue weighted by Gasteiger charge is -2.07. The minimum absolute atomic E-state index is 0.144. The van der Waals surface area contributed by atoms with E-state index in [1.165, 1.54) is 11.3 Å². The molecule has 0 aliphatic rings. The number of ether oxygens (including phenoxy) is 1. The summed E-state index contributed by atoms with van der Waals surface area (Å²) in [4.78, 5) is 12.3. The Morgan fingerprint density at radius 3 is 2.56 bits per heavy atom. The molecule has 0 atom stereocenters. The monoisotopic (exact) mass is 389 g/mol. The first-order valence-corrected chi connectivity index (χ1v) is 9.58. The molecular formula is C17H15N3O2S3. The van der Waals surface area contributed by atoms with Crippen molar-refractivity contribution in [3.05, 3.63) is 63.6 Å². The normalized spacial score (nSPS) is 10.4. The molecule has 5 nitrogen and oxygen atoms in total. The average molecular weight is 390 g/mol. The van der Waals surface area contributed by atoms with Crippen LogP contribution >= 0.6 is 35.3 Å². The molecule has 0 bridgehead atoms. The minimum atomic E-state index is -0.144. The number of rotatable bonds is 6. The largest absolute Gasteiger partial charge is 0.497 e. The van der Waals surface area contributed by atoms with E-state index in [9.17, 15) is 4.79 Å². The molecule has 8 heteroatoms. The second-order valence-electron chi connectivity index (χ2n) is 5.05. The first-order chi connectivity index (χ1) is 12.1. The number of H-pyrrole nitrogens is 1. The van der Waals surface area contributed by atoms with Crippen molar-refractivity contribution in [2.75, 3.05) is 12.4 Å². The van der Waals surface area contributed by atoms with E-state index in [0.29, 0.717) is 9.52 Å². The molecule has 25 heavy (non-hydrogen) atoms. The van der Waals surface area contributed by atoms with Gasteiger partial charge in [0.2, 0.25) is 0 Å². The molecule has 0 saturated carbocycles. The number of methoxy groups -OCH3 is 1. The van der Waals surface area contributed by atoms with Crippen LogP contribution in [0, 0.1) is 3.95 Å².